The molecule has 5 nitrogen and oxygen atoms in total. The summed E-state index contributed by atoms with van der Waals surface area (Å²) in [4.78, 5) is 12.0. The number of ether oxygens (including phenoxy) is 1. The summed E-state index contributed by atoms with van der Waals surface area (Å²) >= 11 is 0. The van der Waals surface area contributed by atoms with Crippen LogP contribution < -0.4 is 11.1 Å². The van der Waals surface area contributed by atoms with Crippen molar-refractivity contribution in [2.75, 3.05) is 11.9 Å². The van der Waals surface area contributed by atoms with Crippen LogP contribution in [0.15, 0.2) is 18.2 Å². The van der Waals surface area contributed by atoms with Gasteiger partial charge in [0.15, 0.2) is 0 Å². The van der Waals surface area contributed by atoms with Crippen molar-refractivity contribution in [2.45, 2.75) is 32.0 Å². The molecule has 0 aliphatic carbocycles. The van der Waals surface area contributed by atoms with Crippen LogP contribution in [0.4, 0.5) is 5.69 Å². The number of carbonyl (C=O) groups excluding carboxylic acids is 1. The highest BCUT2D eigenvalue weighted by Crippen LogP contribution is 2.23. The standard InChI is InChI=1S/C13H18N2O3/c1-8-6-9(16)2-4-11(8)15-13(17)12-5-3-10(7-14)18-12/h2,4,6,10,12,16H,3,5,7,14H2,1H3,(H,15,17). The molecule has 5 heteroatoms. The van der Waals surface area contributed by atoms with E-state index in [1.54, 1.807) is 18.2 Å². The Balaban J connectivity index is 1.99. The summed E-state index contributed by atoms with van der Waals surface area (Å²) in [6.07, 6.45) is 1.09. The molecular weight excluding hydrogens is 232 g/mol. The molecule has 1 aliphatic heterocycles. The van der Waals surface area contributed by atoms with Crippen LogP contribution in [0.5, 0.6) is 5.75 Å². The van der Waals surface area contributed by atoms with Gasteiger partial charge in [0.25, 0.3) is 5.91 Å². The van der Waals surface area contributed by atoms with Gasteiger partial charge in [-0.3, -0.25) is 4.79 Å². The van der Waals surface area contributed by atoms with Gasteiger partial charge in [0.1, 0.15) is 11.9 Å². The fourth-order valence-corrected chi connectivity index (χ4v) is 2.07. The highest BCUT2D eigenvalue weighted by atomic mass is 16.5. The van der Waals surface area contributed by atoms with E-state index in [4.69, 9.17) is 10.5 Å². The van der Waals surface area contributed by atoms with Gasteiger partial charge in [-0.15, -0.1) is 0 Å². The lowest BCUT2D eigenvalue weighted by Gasteiger charge is -2.14. The average Bonchev–Trinajstić information content (AvgIpc) is 2.81. The van der Waals surface area contributed by atoms with E-state index in [9.17, 15) is 9.90 Å². The maximum absolute atomic E-state index is 12.0. The summed E-state index contributed by atoms with van der Waals surface area (Å²) in [5.41, 5.74) is 7.01. The fraction of sp³-hybridized carbons (Fsp3) is 0.462. The van der Waals surface area contributed by atoms with Crippen molar-refractivity contribution in [3.8, 4) is 5.75 Å². The van der Waals surface area contributed by atoms with Crippen LogP contribution in [0.3, 0.4) is 0 Å². The van der Waals surface area contributed by atoms with Gasteiger partial charge in [-0.1, -0.05) is 0 Å². The summed E-state index contributed by atoms with van der Waals surface area (Å²) in [7, 11) is 0. The number of carbonyl (C=O) groups is 1. The summed E-state index contributed by atoms with van der Waals surface area (Å²) in [6, 6.07) is 4.83. The Morgan fingerprint density at radius 1 is 1.56 bits per heavy atom. The SMILES string of the molecule is Cc1cc(O)ccc1NC(=O)C1CCC(CN)O1. The average molecular weight is 250 g/mol. The molecule has 98 valence electrons. The second-order valence-corrected chi connectivity index (χ2v) is 4.55. The van der Waals surface area contributed by atoms with Gasteiger partial charge in [-0.2, -0.15) is 0 Å². The van der Waals surface area contributed by atoms with Crippen molar-refractivity contribution >= 4 is 11.6 Å². The number of nitrogens with one attached hydrogen (secondary N) is 1. The van der Waals surface area contributed by atoms with Gasteiger partial charge >= 0.3 is 0 Å². The smallest absolute Gasteiger partial charge is 0.253 e. The summed E-state index contributed by atoms with van der Waals surface area (Å²) in [5, 5.41) is 12.1. The largest absolute Gasteiger partial charge is 0.508 e. The molecule has 18 heavy (non-hydrogen) atoms. The molecule has 1 fully saturated rings. The molecule has 1 amide bonds. The number of rotatable bonds is 3. The van der Waals surface area contributed by atoms with Crippen LogP contribution in [0, 0.1) is 6.92 Å². The normalized spacial score (nSPS) is 23.0. The highest BCUT2D eigenvalue weighted by Gasteiger charge is 2.29. The molecule has 0 spiro atoms. The fourth-order valence-electron chi connectivity index (χ4n) is 2.07. The molecule has 2 rings (SSSR count). The van der Waals surface area contributed by atoms with E-state index in [1.165, 1.54) is 0 Å². The number of benzene rings is 1. The van der Waals surface area contributed by atoms with Crippen molar-refractivity contribution in [3.05, 3.63) is 23.8 Å². The van der Waals surface area contributed by atoms with E-state index in [1.807, 2.05) is 6.92 Å². The Kier molecular flexibility index (Phi) is 3.84. The molecule has 0 saturated carbocycles. The van der Waals surface area contributed by atoms with Crippen molar-refractivity contribution in [3.63, 3.8) is 0 Å². The first-order valence-corrected chi connectivity index (χ1v) is 6.06. The number of anilines is 1. The third kappa shape index (κ3) is 2.80. The van der Waals surface area contributed by atoms with Gasteiger partial charge in [0, 0.05) is 12.2 Å². The van der Waals surface area contributed by atoms with Crippen LogP contribution >= 0.6 is 0 Å². The third-order valence-corrected chi connectivity index (χ3v) is 3.13. The number of phenols is 1. The van der Waals surface area contributed by atoms with Crippen molar-refractivity contribution in [1.29, 1.82) is 0 Å². The molecule has 1 aliphatic rings. The monoisotopic (exact) mass is 250 g/mol. The molecule has 0 aromatic heterocycles. The first-order chi connectivity index (χ1) is 8.60. The number of aromatic hydroxyl groups is 1. The summed E-state index contributed by atoms with van der Waals surface area (Å²) in [5.74, 6) is 0.0329. The Morgan fingerprint density at radius 3 is 2.94 bits per heavy atom. The number of hydrogen-bond acceptors (Lipinski definition) is 4. The molecule has 1 saturated heterocycles. The molecular formula is C13H18N2O3. The first-order valence-electron chi connectivity index (χ1n) is 6.06. The molecule has 1 aromatic rings. The predicted octanol–water partition coefficient (Wildman–Crippen LogP) is 1.15. The van der Waals surface area contributed by atoms with Crippen LogP contribution in [-0.2, 0) is 9.53 Å². The van der Waals surface area contributed by atoms with Gasteiger partial charge < -0.3 is 20.9 Å². The lowest BCUT2D eigenvalue weighted by atomic mass is 10.1. The number of aryl methyl sites for hydroxylation is 1. The highest BCUT2D eigenvalue weighted by molar-refractivity contribution is 5.95. The minimum absolute atomic E-state index is 0.0123. The Labute approximate surface area is 106 Å². The molecule has 1 heterocycles. The maximum atomic E-state index is 12.0. The summed E-state index contributed by atoms with van der Waals surface area (Å²) in [6.45, 7) is 2.27. The van der Waals surface area contributed by atoms with E-state index >= 15 is 0 Å². The lowest BCUT2D eigenvalue weighted by molar-refractivity contribution is -0.126. The number of nitrogens with two attached hydrogens (primary N) is 1. The van der Waals surface area contributed by atoms with E-state index < -0.39 is 6.10 Å². The van der Waals surface area contributed by atoms with Crippen LogP contribution in [0.25, 0.3) is 0 Å². The molecule has 0 radical (unpaired) electrons. The van der Waals surface area contributed by atoms with Gasteiger partial charge in [-0.05, 0) is 43.5 Å². The van der Waals surface area contributed by atoms with Crippen LogP contribution in [0.2, 0.25) is 0 Å². The zero-order valence-corrected chi connectivity index (χ0v) is 10.3. The second-order valence-electron chi connectivity index (χ2n) is 4.55. The second kappa shape index (κ2) is 5.37. The lowest BCUT2D eigenvalue weighted by Crippen LogP contribution is -2.30. The maximum Gasteiger partial charge on any atom is 0.253 e. The van der Waals surface area contributed by atoms with E-state index in [0.717, 1.165) is 12.0 Å². The van der Waals surface area contributed by atoms with E-state index in [-0.39, 0.29) is 17.8 Å². The number of hydrogen-bond donors (Lipinski definition) is 3. The Bertz CT molecular complexity index is 448. The zero-order valence-electron chi connectivity index (χ0n) is 10.3. The summed E-state index contributed by atoms with van der Waals surface area (Å²) < 4.78 is 5.52. The molecule has 2 unspecified atom stereocenters. The predicted molar refractivity (Wildman–Crippen MR) is 68.4 cm³/mol. The van der Waals surface area contributed by atoms with E-state index in [0.29, 0.717) is 18.7 Å². The molecule has 2 atom stereocenters. The Morgan fingerprint density at radius 2 is 2.33 bits per heavy atom. The van der Waals surface area contributed by atoms with Crippen molar-refractivity contribution < 1.29 is 14.6 Å². The van der Waals surface area contributed by atoms with Crippen LogP contribution in [0.1, 0.15) is 18.4 Å². The third-order valence-electron chi connectivity index (χ3n) is 3.13. The van der Waals surface area contributed by atoms with Crippen molar-refractivity contribution in [1.82, 2.24) is 0 Å². The number of amides is 1. The van der Waals surface area contributed by atoms with Gasteiger partial charge in [0.05, 0.1) is 6.10 Å². The molecule has 4 N–H and O–H groups in total. The minimum atomic E-state index is -0.424. The first kappa shape index (κ1) is 12.9. The van der Waals surface area contributed by atoms with Crippen molar-refractivity contribution in [2.24, 2.45) is 5.73 Å². The minimum Gasteiger partial charge on any atom is -0.508 e. The quantitative estimate of drug-likeness (QED) is 0.702. The molecule has 0 bridgehead atoms. The van der Waals surface area contributed by atoms with E-state index in [2.05, 4.69) is 5.32 Å². The topological polar surface area (TPSA) is 84.6 Å². The van der Waals surface area contributed by atoms with Gasteiger partial charge in [-0.25, -0.2) is 0 Å². The van der Waals surface area contributed by atoms with Crippen LogP contribution in [-0.4, -0.2) is 29.8 Å². The molecule has 1 aromatic carbocycles. The Hall–Kier alpha value is -1.59. The zero-order chi connectivity index (χ0) is 13.1. The van der Waals surface area contributed by atoms with Gasteiger partial charge in [0.2, 0.25) is 0 Å². The number of phenolic OH excluding ortho intramolecular Hbond substituents is 1.